The molecule has 0 radical (unpaired) electrons. The second-order valence-corrected chi connectivity index (χ2v) is 11.7. The Kier molecular flexibility index (Phi) is 5.96. The van der Waals surface area contributed by atoms with E-state index in [2.05, 4.69) is 4.98 Å². The first kappa shape index (κ1) is 24.3. The van der Waals surface area contributed by atoms with Crippen LogP contribution in [-0.4, -0.2) is 86.4 Å². The topological polar surface area (TPSA) is 86.0 Å². The minimum absolute atomic E-state index is 0. The van der Waals surface area contributed by atoms with Crippen molar-refractivity contribution in [3.8, 4) is 11.3 Å². The first-order valence-electron chi connectivity index (χ1n) is 12.5. The number of anilines is 1. The molecule has 1 N–H and O–H groups in total. The van der Waals surface area contributed by atoms with E-state index in [0.29, 0.717) is 49.7 Å². The number of hydrogen-bond acceptors (Lipinski definition) is 5. The van der Waals surface area contributed by atoms with E-state index in [1.54, 1.807) is 21.9 Å². The Morgan fingerprint density at radius 1 is 1.05 bits per heavy atom. The lowest BCUT2D eigenvalue weighted by atomic mass is 10.1. The Morgan fingerprint density at radius 3 is 2.51 bits per heavy atom. The van der Waals surface area contributed by atoms with Gasteiger partial charge in [-0.3, -0.25) is 4.79 Å². The number of nitrogens with one attached hydrogen (secondary N) is 1. The SMILES string of the molecule is O=C([C@H]1CCN1S(=O)(=O)c1ccc(N2CCC(F)(F)C2)c(-c2cc3ccccc3[nH]2)c1)N1CCOCC1.[HH]. The number of aromatic nitrogens is 1. The van der Waals surface area contributed by atoms with Gasteiger partial charge in [-0.05, 0) is 36.8 Å². The number of halogens is 2. The molecule has 1 aromatic heterocycles. The Hall–Kier alpha value is -3.02. The maximum atomic E-state index is 14.1. The third kappa shape index (κ3) is 4.38. The van der Waals surface area contributed by atoms with Gasteiger partial charge in [0.2, 0.25) is 15.9 Å². The number of amides is 1. The Labute approximate surface area is 215 Å². The van der Waals surface area contributed by atoms with Crippen LogP contribution in [0.5, 0.6) is 0 Å². The molecule has 0 bridgehead atoms. The van der Waals surface area contributed by atoms with Crippen LogP contribution < -0.4 is 4.90 Å². The van der Waals surface area contributed by atoms with Crippen LogP contribution in [0.1, 0.15) is 14.3 Å². The lowest BCUT2D eigenvalue weighted by Gasteiger charge is -2.41. The van der Waals surface area contributed by atoms with Crippen LogP contribution in [0.4, 0.5) is 14.5 Å². The number of para-hydroxylation sites is 1. The number of aromatic amines is 1. The Balaban J connectivity index is 0.00000294. The van der Waals surface area contributed by atoms with Gasteiger partial charge in [0.1, 0.15) is 6.04 Å². The zero-order chi connectivity index (χ0) is 25.8. The Morgan fingerprint density at radius 2 is 1.84 bits per heavy atom. The van der Waals surface area contributed by atoms with Crippen LogP contribution in [0.2, 0.25) is 0 Å². The molecule has 1 amide bonds. The van der Waals surface area contributed by atoms with Crippen LogP contribution in [-0.2, 0) is 19.6 Å². The van der Waals surface area contributed by atoms with E-state index in [1.165, 1.54) is 10.4 Å². The fraction of sp³-hybridized carbons (Fsp3) is 0.423. The van der Waals surface area contributed by atoms with E-state index in [4.69, 9.17) is 4.74 Å². The van der Waals surface area contributed by atoms with Gasteiger partial charge in [0, 0.05) is 61.9 Å². The molecule has 0 aliphatic carbocycles. The van der Waals surface area contributed by atoms with Crippen LogP contribution in [0.15, 0.2) is 53.4 Å². The van der Waals surface area contributed by atoms with Gasteiger partial charge >= 0.3 is 0 Å². The number of rotatable bonds is 5. The van der Waals surface area contributed by atoms with Gasteiger partial charge in [0.25, 0.3) is 5.92 Å². The molecule has 11 heteroatoms. The predicted molar refractivity (Wildman–Crippen MR) is 137 cm³/mol. The fourth-order valence-corrected chi connectivity index (χ4v) is 7.01. The third-order valence-electron chi connectivity index (χ3n) is 7.48. The summed E-state index contributed by atoms with van der Waals surface area (Å²) in [5.74, 6) is -3.00. The number of benzene rings is 2. The predicted octanol–water partition coefficient (Wildman–Crippen LogP) is 3.55. The summed E-state index contributed by atoms with van der Waals surface area (Å²) < 4.78 is 62.1. The van der Waals surface area contributed by atoms with E-state index >= 15 is 0 Å². The quantitative estimate of drug-likeness (QED) is 0.543. The Bertz CT molecular complexity index is 1430. The van der Waals surface area contributed by atoms with E-state index in [9.17, 15) is 22.0 Å². The molecule has 1 atom stereocenters. The largest absolute Gasteiger partial charge is 0.378 e. The average molecular weight is 533 g/mol. The summed E-state index contributed by atoms with van der Waals surface area (Å²) >= 11 is 0. The highest BCUT2D eigenvalue weighted by atomic mass is 32.2. The number of nitrogens with zero attached hydrogens (tertiary/aromatic N) is 3. The van der Waals surface area contributed by atoms with Crippen molar-refractivity contribution in [2.75, 3.05) is 50.8 Å². The molecule has 0 spiro atoms. The number of morpholine rings is 1. The summed E-state index contributed by atoms with van der Waals surface area (Å²) in [6.45, 7) is 1.78. The van der Waals surface area contributed by atoms with Crippen molar-refractivity contribution < 1.29 is 28.2 Å². The molecule has 6 rings (SSSR count). The maximum Gasteiger partial charge on any atom is 0.266 e. The summed E-state index contributed by atoms with van der Waals surface area (Å²) in [5, 5.41) is 0.933. The molecule has 37 heavy (non-hydrogen) atoms. The lowest BCUT2D eigenvalue weighted by Crippen LogP contribution is -2.60. The highest BCUT2D eigenvalue weighted by Gasteiger charge is 2.45. The van der Waals surface area contributed by atoms with Crippen LogP contribution in [0.3, 0.4) is 0 Å². The zero-order valence-corrected chi connectivity index (χ0v) is 21.0. The molecule has 198 valence electrons. The molecule has 0 saturated carbocycles. The summed E-state index contributed by atoms with van der Waals surface area (Å²) in [7, 11) is -3.98. The summed E-state index contributed by atoms with van der Waals surface area (Å²) in [4.78, 5) is 19.6. The molecule has 2 aromatic carbocycles. The van der Waals surface area contributed by atoms with Crippen molar-refractivity contribution in [1.29, 1.82) is 0 Å². The molecule has 3 aromatic rings. The summed E-state index contributed by atoms with van der Waals surface area (Å²) in [6.07, 6.45) is 0.212. The summed E-state index contributed by atoms with van der Waals surface area (Å²) in [5.41, 5.74) is 2.59. The van der Waals surface area contributed by atoms with Crippen molar-refractivity contribution in [3.05, 3.63) is 48.5 Å². The van der Waals surface area contributed by atoms with Crippen LogP contribution in [0, 0.1) is 0 Å². The molecular formula is C26H30F2N4O4S. The number of carbonyl (C=O) groups is 1. The van der Waals surface area contributed by atoms with E-state index in [1.807, 2.05) is 30.3 Å². The molecule has 3 aliphatic rings. The third-order valence-corrected chi connectivity index (χ3v) is 9.39. The highest BCUT2D eigenvalue weighted by Crippen LogP contribution is 2.40. The number of alkyl halides is 2. The van der Waals surface area contributed by atoms with Gasteiger partial charge in [0.15, 0.2) is 0 Å². The van der Waals surface area contributed by atoms with Gasteiger partial charge in [-0.25, -0.2) is 17.2 Å². The molecule has 0 unspecified atom stereocenters. The van der Waals surface area contributed by atoms with Crippen molar-refractivity contribution in [1.82, 2.24) is 14.2 Å². The van der Waals surface area contributed by atoms with Crippen molar-refractivity contribution in [2.45, 2.75) is 29.7 Å². The fourth-order valence-electron chi connectivity index (χ4n) is 5.35. The average Bonchev–Trinajstić information content (AvgIpc) is 3.46. The normalized spacial score (nSPS) is 22.4. The molecule has 8 nitrogen and oxygen atoms in total. The number of ether oxygens (including phenoxy) is 1. The first-order valence-corrected chi connectivity index (χ1v) is 13.9. The number of sulfonamides is 1. The van der Waals surface area contributed by atoms with Crippen LogP contribution >= 0.6 is 0 Å². The number of H-pyrrole nitrogens is 1. The van der Waals surface area contributed by atoms with Crippen molar-refractivity contribution in [3.63, 3.8) is 0 Å². The van der Waals surface area contributed by atoms with Crippen molar-refractivity contribution >= 4 is 32.5 Å². The minimum atomic E-state index is -3.98. The number of fused-ring (bicyclic) bond motifs is 1. The van der Waals surface area contributed by atoms with Gasteiger partial charge in [-0.1, -0.05) is 18.2 Å². The highest BCUT2D eigenvalue weighted by molar-refractivity contribution is 7.89. The van der Waals surface area contributed by atoms with Gasteiger partial charge in [0.05, 0.1) is 24.7 Å². The van der Waals surface area contributed by atoms with Gasteiger partial charge in [-0.15, -0.1) is 0 Å². The smallest absolute Gasteiger partial charge is 0.266 e. The maximum absolute atomic E-state index is 14.1. The summed E-state index contributed by atoms with van der Waals surface area (Å²) in [6, 6.07) is 13.4. The van der Waals surface area contributed by atoms with Gasteiger partial charge < -0.3 is 19.5 Å². The second-order valence-electron chi connectivity index (χ2n) is 9.83. The number of hydrogen-bond donors (Lipinski definition) is 1. The first-order chi connectivity index (χ1) is 17.7. The van der Waals surface area contributed by atoms with E-state index in [0.717, 1.165) is 10.9 Å². The standard InChI is InChI=1S/C26H28F2N4O4S.H2/c27-26(28)8-10-31(17-26)23-6-5-19(16-20(23)22-15-18-3-1-2-4-21(18)29-22)37(34,35)32-9-7-24(32)25(33)30-11-13-36-14-12-30;/h1-6,15-16,24,29H,7-14,17H2;1H/t24-;/m1./s1. The second kappa shape index (κ2) is 9.07. The molecule has 3 aliphatic heterocycles. The minimum Gasteiger partial charge on any atom is -0.378 e. The molecule has 4 heterocycles. The lowest BCUT2D eigenvalue weighted by molar-refractivity contribution is -0.142. The number of carbonyl (C=O) groups excluding carboxylic acids is 1. The van der Waals surface area contributed by atoms with E-state index < -0.39 is 28.5 Å². The molecular weight excluding hydrogens is 502 g/mol. The van der Waals surface area contributed by atoms with Crippen molar-refractivity contribution in [2.24, 2.45) is 0 Å². The monoisotopic (exact) mass is 532 g/mol. The van der Waals surface area contributed by atoms with E-state index in [-0.39, 0.29) is 31.7 Å². The van der Waals surface area contributed by atoms with Crippen LogP contribution in [0.25, 0.3) is 22.2 Å². The van der Waals surface area contributed by atoms with Gasteiger partial charge in [-0.2, -0.15) is 4.31 Å². The molecule has 3 saturated heterocycles. The zero-order valence-electron chi connectivity index (χ0n) is 20.2. The molecule has 3 fully saturated rings.